The maximum atomic E-state index is 10.6. The summed E-state index contributed by atoms with van der Waals surface area (Å²) < 4.78 is 9.62. The summed E-state index contributed by atoms with van der Waals surface area (Å²) in [5, 5.41) is 19.3. The summed E-state index contributed by atoms with van der Waals surface area (Å²) in [6.45, 7) is 3.07. The van der Waals surface area contributed by atoms with Crippen LogP contribution in [0.4, 0.5) is 0 Å². The van der Waals surface area contributed by atoms with Gasteiger partial charge in [-0.1, -0.05) is 60.7 Å². The topological polar surface area (TPSA) is 63.2 Å². The Morgan fingerprint density at radius 2 is 1.47 bits per heavy atom. The van der Waals surface area contributed by atoms with E-state index in [1.54, 1.807) is 0 Å². The highest BCUT2D eigenvalue weighted by molar-refractivity contribution is 5.85. The number of fused-ring (bicyclic) bond motifs is 1. The van der Waals surface area contributed by atoms with Crippen molar-refractivity contribution < 1.29 is 9.84 Å². The molecule has 1 aromatic heterocycles. The fourth-order valence-corrected chi connectivity index (χ4v) is 3.57. The molecule has 3 aromatic carbocycles. The second-order valence-corrected chi connectivity index (χ2v) is 7.22. The number of ether oxygens (including phenoxy) is 1. The third-order valence-electron chi connectivity index (χ3n) is 5.08. The number of nitrogens with one attached hydrogen (secondary N) is 1. The summed E-state index contributed by atoms with van der Waals surface area (Å²) in [5.41, 5.74) is 4.45. The molecule has 0 saturated carbocycles. The molecule has 0 fully saturated rings. The Morgan fingerprint density at radius 3 is 2.17 bits per heavy atom. The van der Waals surface area contributed by atoms with Gasteiger partial charge in [-0.05, 0) is 36.2 Å². The van der Waals surface area contributed by atoms with Gasteiger partial charge in [0.15, 0.2) is 0 Å². The van der Waals surface area contributed by atoms with Gasteiger partial charge in [-0.2, -0.15) is 0 Å². The number of benzene rings is 3. The molecule has 4 rings (SSSR count). The molecular formula is C24H26ClN3O2. The molecule has 156 valence electrons. The molecule has 1 heterocycles. The van der Waals surface area contributed by atoms with Gasteiger partial charge in [0.05, 0.1) is 24.1 Å². The lowest BCUT2D eigenvalue weighted by Crippen LogP contribution is -2.31. The first-order valence-corrected chi connectivity index (χ1v) is 9.76. The van der Waals surface area contributed by atoms with E-state index in [1.807, 2.05) is 82.8 Å². The summed E-state index contributed by atoms with van der Waals surface area (Å²) in [4.78, 5) is 0. The first-order chi connectivity index (χ1) is 14.1. The molecule has 0 radical (unpaired) electrons. The van der Waals surface area contributed by atoms with Gasteiger partial charge in [-0.15, -0.1) is 12.4 Å². The standard InChI is InChI=1S/C24H25N3O2.ClH/c1-18-9-5-8-14-23(18)29-17-20(28)16-27-22-13-7-6-12-21(22)26(24(27)25)15-19-10-3-2-4-11-19;/h2-14,20,25,28H,15-17H2,1H3;1H. The third-order valence-corrected chi connectivity index (χ3v) is 5.08. The number of para-hydroxylation sites is 3. The van der Waals surface area contributed by atoms with E-state index in [0.717, 1.165) is 27.9 Å². The Morgan fingerprint density at radius 1 is 0.867 bits per heavy atom. The molecule has 6 heteroatoms. The van der Waals surface area contributed by atoms with Crippen LogP contribution >= 0.6 is 12.4 Å². The van der Waals surface area contributed by atoms with E-state index in [-0.39, 0.29) is 19.0 Å². The van der Waals surface area contributed by atoms with Crippen molar-refractivity contribution in [3.05, 3.63) is 95.6 Å². The van der Waals surface area contributed by atoms with E-state index in [1.165, 1.54) is 0 Å². The number of halogens is 1. The molecule has 0 bridgehead atoms. The van der Waals surface area contributed by atoms with Gasteiger partial charge in [0, 0.05) is 0 Å². The van der Waals surface area contributed by atoms with Crippen molar-refractivity contribution in [3.63, 3.8) is 0 Å². The highest BCUT2D eigenvalue weighted by atomic mass is 35.5. The van der Waals surface area contributed by atoms with Crippen LogP contribution in [0.1, 0.15) is 11.1 Å². The monoisotopic (exact) mass is 423 g/mol. The molecule has 1 atom stereocenters. The number of imidazole rings is 1. The molecule has 0 saturated heterocycles. The summed E-state index contributed by atoms with van der Waals surface area (Å²) in [7, 11) is 0. The minimum absolute atomic E-state index is 0. The quantitative estimate of drug-likeness (QED) is 0.469. The Kier molecular flexibility index (Phi) is 6.98. The van der Waals surface area contributed by atoms with Crippen LogP contribution < -0.4 is 10.4 Å². The van der Waals surface area contributed by atoms with Crippen LogP contribution in [0.5, 0.6) is 5.75 Å². The first kappa shape index (κ1) is 21.7. The predicted molar refractivity (Wildman–Crippen MR) is 121 cm³/mol. The van der Waals surface area contributed by atoms with Crippen molar-refractivity contribution in [2.45, 2.75) is 26.1 Å². The highest BCUT2D eigenvalue weighted by Gasteiger charge is 2.15. The largest absolute Gasteiger partial charge is 0.491 e. The summed E-state index contributed by atoms with van der Waals surface area (Å²) >= 11 is 0. The number of aryl methyl sites for hydroxylation is 1. The van der Waals surface area contributed by atoms with Crippen LogP contribution in [0, 0.1) is 12.3 Å². The van der Waals surface area contributed by atoms with E-state index in [0.29, 0.717) is 18.7 Å². The zero-order valence-corrected chi connectivity index (χ0v) is 17.7. The lowest BCUT2D eigenvalue weighted by molar-refractivity contribution is 0.0918. The molecule has 0 aliphatic rings. The highest BCUT2D eigenvalue weighted by Crippen LogP contribution is 2.18. The number of nitrogens with zero attached hydrogens (tertiary/aromatic N) is 2. The van der Waals surface area contributed by atoms with Crippen LogP contribution in [0.15, 0.2) is 78.9 Å². The Bertz CT molecular complexity index is 1170. The predicted octanol–water partition coefficient (Wildman–Crippen LogP) is 4.14. The van der Waals surface area contributed by atoms with Crippen molar-refractivity contribution in [2.75, 3.05) is 6.61 Å². The van der Waals surface area contributed by atoms with Gasteiger partial charge >= 0.3 is 0 Å². The van der Waals surface area contributed by atoms with Gasteiger partial charge in [0.2, 0.25) is 5.62 Å². The molecule has 2 N–H and O–H groups in total. The van der Waals surface area contributed by atoms with Crippen LogP contribution in [0.3, 0.4) is 0 Å². The van der Waals surface area contributed by atoms with Gasteiger partial charge in [-0.3, -0.25) is 5.41 Å². The summed E-state index contributed by atoms with van der Waals surface area (Å²) in [6, 6.07) is 25.8. The van der Waals surface area contributed by atoms with Crippen molar-refractivity contribution in [3.8, 4) is 5.75 Å². The lowest BCUT2D eigenvalue weighted by Gasteiger charge is -2.15. The maximum Gasteiger partial charge on any atom is 0.203 e. The molecule has 0 aliphatic carbocycles. The van der Waals surface area contributed by atoms with Gasteiger partial charge < -0.3 is 19.0 Å². The van der Waals surface area contributed by atoms with Crippen molar-refractivity contribution in [1.29, 1.82) is 5.41 Å². The van der Waals surface area contributed by atoms with E-state index < -0.39 is 6.10 Å². The number of rotatable bonds is 7. The number of aliphatic hydroxyl groups excluding tert-OH is 1. The molecule has 30 heavy (non-hydrogen) atoms. The van der Waals surface area contributed by atoms with E-state index in [9.17, 15) is 5.11 Å². The average Bonchev–Trinajstić information content (AvgIpc) is 3.00. The molecule has 1 unspecified atom stereocenters. The van der Waals surface area contributed by atoms with Gasteiger partial charge in [0.25, 0.3) is 0 Å². The summed E-state index contributed by atoms with van der Waals surface area (Å²) in [5.74, 6) is 0.772. The second-order valence-electron chi connectivity index (χ2n) is 7.22. The normalized spacial score (nSPS) is 11.8. The smallest absolute Gasteiger partial charge is 0.203 e. The van der Waals surface area contributed by atoms with Crippen LogP contribution in [-0.4, -0.2) is 27.0 Å². The van der Waals surface area contributed by atoms with E-state index in [4.69, 9.17) is 10.1 Å². The van der Waals surface area contributed by atoms with E-state index in [2.05, 4.69) is 12.1 Å². The fourth-order valence-electron chi connectivity index (χ4n) is 3.57. The Balaban J connectivity index is 0.00000256. The number of aliphatic hydroxyl groups is 1. The van der Waals surface area contributed by atoms with Crippen molar-refractivity contribution in [1.82, 2.24) is 9.13 Å². The Hall–Kier alpha value is -3.02. The van der Waals surface area contributed by atoms with Crippen molar-refractivity contribution in [2.24, 2.45) is 0 Å². The molecule has 4 aromatic rings. The molecule has 0 aliphatic heterocycles. The average molecular weight is 424 g/mol. The zero-order chi connectivity index (χ0) is 20.2. The molecule has 0 spiro atoms. The molecular weight excluding hydrogens is 398 g/mol. The Labute approximate surface area is 182 Å². The number of hydrogen-bond acceptors (Lipinski definition) is 3. The number of aromatic nitrogens is 2. The second kappa shape index (κ2) is 9.65. The van der Waals surface area contributed by atoms with Gasteiger partial charge in [0.1, 0.15) is 18.5 Å². The number of hydrogen-bond donors (Lipinski definition) is 2. The molecule has 5 nitrogen and oxygen atoms in total. The third kappa shape index (κ3) is 4.58. The van der Waals surface area contributed by atoms with Crippen LogP contribution in [-0.2, 0) is 13.1 Å². The lowest BCUT2D eigenvalue weighted by atomic mass is 10.2. The molecule has 0 amide bonds. The SMILES string of the molecule is Cc1ccccc1OCC(O)Cn1c(=N)n(Cc2ccccc2)c2ccccc21.Cl. The summed E-state index contributed by atoms with van der Waals surface area (Å²) in [6.07, 6.45) is -0.723. The maximum absolute atomic E-state index is 10.6. The van der Waals surface area contributed by atoms with Crippen LogP contribution in [0.2, 0.25) is 0 Å². The minimum Gasteiger partial charge on any atom is -0.491 e. The van der Waals surface area contributed by atoms with Gasteiger partial charge in [-0.25, -0.2) is 0 Å². The van der Waals surface area contributed by atoms with E-state index >= 15 is 0 Å². The van der Waals surface area contributed by atoms with Crippen molar-refractivity contribution >= 4 is 23.4 Å². The minimum atomic E-state index is -0.723. The fraction of sp³-hybridized carbons (Fsp3) is 0.208. The first-order valence-electron chi connectivity index (χ1n) is 9.76. The van der Waals surface area contributed by atoms with Crippen LogP contribution in [0.25, 0.3) is 11.0 Å². The zero-order valence-electron chi connectivity index (χ0n) is 16.9.